The first-order valence-corrected chi connectivity index (χ1v) is 6.85. The summed E-state index contributed by atoms with van der Waals surface area (Å²) in [7, 11) is -3.80. The Morgan fingerprint density at radius 1 is 1.41 bits per heavy atom. The number of halogens is 1. The molecule has 0 atom stereocenters. The van der Waals surface area contributed by atoms with Crippen molar-refractivity contribution in [1.82, 2.24) is 14.8 Å². The van der Waals surface area contributed by atoms with E-state index in [0.29, 0.717) is 5.02 Å². The Labute approximate surface area is 106 Å². The molecule has 0 radical (unpaired) electrons. The molecule has 1 aromatic heterocycles. The minimum atomic E-state index is -3.80. The Kier molecular flexibility index (Phi) is 3.13. The van der Waals surface area contributed by atoms with Crippen molar-refractivity contribution in [2.24, 2.45) is 0 Å². The molecule has 0 aliphatic rings. The first-order valence-electron chi connectivity index (χ1n) is 4.22. The van der Waals surface area contributed by atoms with Gasteiger partial charge in [-0.15, -0.1) is 0 Å². The summed E-state index contributed by atoms with van der Waals surface area (Å²) in [5.41, 5.74) is 5.64. The summed E-state index contributed by atoms with van der Waals surface area (Å²) in [6, 6.07) is 4.10. The summed E-state index contributed by atoms with van der Waals surface area (Å²) in [4.78, 5) is -0.0721. The molecule has 2 rings (SSSR count). The fourth-order valence-electron chi connectivity index (χ4n) is 1.11. The van der Waals surface area contributed by atoms with Crippen LogP contribution in [0.3, 0.4) is 0 Å². The number of nitrogens with one attached hydrogen (secondary N) is 1. The van der Waals surface area contributed by atoms with Gasteiger partial charge in [-0.2, -0.15) is 0 Å². The Morgan fingerprint density at radius 3 is 2.76 bits per heavy atom. The number of anilines is 2. The molecule has 3 N–H and O–H groups in total. The van der Waals surface area contributed by atoms with Crippen LogP contribution in [0.5, 0.6) is 0 Å². The SMILES string of the molecule is Nc1cc(Cl)ccc1S(=O)(=O)Nc1nnns1. The molecule has 0 spiro atoms. The predicted molar refractivity (Wildman–Crippen MR) is 64.4 cm³/mol. The molecule has 0 saturated heterocycles. The largest absolute Gasteiger partial charge is 0.398 e. The number of rotatable bonds is 3. The first-order chi connectivity index (χ1) is 7.99. The predicted octanol–water partition coefficient (Wildman–Crippen LogP) is 0.970. The van der Waals surface area contributed by atoms with E-state index in [-0.39, 0.29) is 15.7 Å². The number of benzene rings is 1. The van der Waals surface area contributed by atoms with Crippen LogP contribution in [0.1, 0.15) is 0 Å². The Morgan fingerprint density at radius 2 is 2.18 bits per heavy atom. The summed E-state index contributed by atoms with van der Waals surface area (Å²) in [6.07, 6.45) is 0. The van der Waals surface area contributed by atoms with Gasteiger partial charge in [-0.25, -0.2) is 8.42 Å². The number of nitrogen functional groups attached to an aromatic ring is 1. The van der Waals surface area contributed by atoms with Crippen LogP contribution in [0.25, 0.3) is 0 Å². The molecular weight excluding hydrogens is 286 g/mol. The van der Waals surface area contributed by atoms with Gasteiger partial charge in [-0.05, 0) is 23.4 Å². The van der Waals surface area contributed by atoms with Crippen molar-refractivity contribution in [3.8, 4) is 0 Å². The molecule has 0 saturated carbocycles. The quantitative estimate of drug-likeness (QED) is 0.815. The van der Waals surface area contributed by atoms with Gasteiger partial charge in [0.15, 0.2) is 0 Å². The van der Waals surface area contributed by atoms with Crippen LogP contribution in [-0.2, 0) is 10.0 Å². The monoisotopic (exact) mass is 291 g/mol. The van der Waals surface area contributed by atoms with Crippen molar-refractivity contribution in [1.29, 1.82) is 0 Å². The van der Waals surface area contributed by atoms with Gasteiger partial charge in [0.2, 0.25) is 5.13 Å². The number of nitrogens with zero attached hydrogens (tertiary/aromatic N) is 3. The third-order valence-corrected chi connectivity index (χ3v) is 4.07. The van der Waals surface area contributed by atoms with E-state index in [4.69, 9.17) is 17.3 Å². The topological polar surface area (TPSA) is 111 Å². The van der Waals surface area contributed by atoms with Gasteiger partial charge in [0, 0.05) is 16.6 Å². The van der Waals surface area contributed by atoms with Crippen LogP contribution in [-0.4, -0.2) is 23.2 Å². The van der Waals surface area contributed by atoms with E-state index in [0.717, 1.165) is 11.5 Å². The van der Waals surface area contributed by atoms with Gasteiger partial charge in [-0.3, -0.25) is 4.72 Å². The van der Waals surface area contributed by atoms with Crippen LogP contribution in [0.4, 0.5) is 10.8 Å². The molecule has 17 heavy (non-hydrogen) atoms. The smallest absolute Gasteiger partial charge is 0.265 e. The lowest BCUT2D eigenvalue weighted by Crippen LogP contribution is -2.14. The molecule has 1 heterocycles. The molecule has 7 nitrogen and oxygen atoms in total. The highest BCUT2D eigenvalue weighted by Crippen LogP contribution is 2.24. The van der Waals surface area contributed by atoms with Crippen molar-refractivity contribution in [2.75, 3.05) is 10.5 Å². The number of hydrogen-bond donors (Lipinski definition) is 2. The fourth-order valence-corrected chi connectivity index (χ4v) is 2.99. The zero-order valence-corrected chi connectivity index (χ0v) is 10.6. The van der Waals surface area contributed by atoms with Crippen LogP contribution in [0.15, 0.2) is 23.1 Å². The number of nitrogens with two attached hydrogens (primary N) is 1. The van der Waals surface area contributed by atoms with Gasteiger partial charge >= 0.3 is 0 Å². The van der Waals surface area contributed by atoms with Gasteiger partial charge in [0.25, 0.3) is 10.0 Å². The maximum atomic E-state index is 11.9. The summed E-state index contributed by atoms with van der Waals surface area (Å²) >= 11 is 6.51. The Balaban J connectivity index is 2.38. The van der Waals surface area contributed by atoms with Crippen molar-refractivity contribution in [3.05, 3.63) is 23.2 Å². The molecule has 0 amide bonds. The normalized spacial score (nSPS) is 11.4. The second-order valence-electron chi connectivity index (χ2n) is 2.96. The minimum Gasteiger partial charge on any atom is -0.398 e. The van der Waals surface area contributed by atoms with E-state index in [2.05, 4.69) is 19.5 Å². The van der Waals surface area contributed by atoms with Gasteiger partial charge in [0.1, 0.15) is 4.90 Å². The maximum absolute atomic E-state index is 11.9. The Bertz CT molecular complexity index is 628. The molecule has 2 aromatic rings. The van der Waals surface area contributed by atoms with Crippen molar-refractivity contribution in [2.45, 2.75) is 4.90 Å². The molecule has 10 heteroatoms. The highest BCUT2D eigenvalue weighted by molar-refractivity contribution is 7.93. The molecular formula is C7H6ClN5O2S2. The van der Waals surface area contributed by atoms with E-state index in [1.165, 1.54) is 18.2 Å². The number of aromatic nitrogens is 3. The lowest BCUT2D eigenvalue weighted by atomic mass is 10.3. The minimum absolute atomic E-state index is 0.0578. The molecule has 90 valence electrons. The zero-order valence-electron chi connectivity index (χ0n) is 8.16. The number of hydrogen-bond acceptors (Lipinski definition) is 7. The highest BCUT2D eigenvalue weighted by Gasteiger charge is 2.19. The summed E-state index contributed by atoms with van der Waals surface area (Å²) in [6.45, 7) is 0. The van der Waals surface area contributed by atoms with Gasteiger partial charge < -0.3 is 5.73 Å². The fraction of sp³-hybridized carbons (Fsp3) is 0. The van der Waals surface area contributed by atoms with Crippen LogP contribution in [0, 0.1) is 0 Å². The highest BCUT2D eigenvalue weighted by atomic mass is 35.5. The molecule has 1 aromatic carbocycles. The van der Waals surface area contributed by atoms with Crippen LogP contribution in [0.2, 0.25) is 5.02 Å². The van der Waals surface area contributed by atoms with E-state index < -0.39 is 10.0 Å². The van der Waals surface area contributed by atoms with E-state index in [1.54, 1.807) is 0 Å². The van der Waals surface area contributed by atoms with Crippen molar-refractivity contribution in [3.63, 3.8) is 0 Å². The maximum Gasteiger partial charge on any atom is 0.265 e. The van der Waals surface area contributed by atoms with Gasteiger partial charge in [0.05, 0.1) is 5.69 Å². The van der Waals surface area contributed by atoms with Crippen molar-refractivity contribution >= 4 is 44.0 Å². The van der Waals surface area contributed by atoms with Crippen LogP contribution < -0.4 is 10.5 Å². The standard InChI is InChI=1S/C7H6ClN5O2S2/c8-4-1-2-6(5(9)3-4)17(14,15)11-7-10-12-13-16-7/h1-3H,9H2,(H,10,11,13). The average molecular weight is 292 g/mol. The molecule has 0 aliphatic heterocycles. The summed E-state index contributed by atoms with van der Waals surface area (Å²) in [5, 5.41) is 7.18. The van der Waals surface area contributed by atoms with E-state index in [1.807, 2.05) is 0 Å². The third-order valence-electron chi connectivity index (χ3n) is 1.78. The van der Waals surface area contributed by atoms with E-state index >= 15 is 0 Å². The molecule has 0 aliphatic carbocycles. The van der Waals surface area contributed by atoms with Gasteiger partial charge in [-0.1, -0.05) is 21.2 Å². The van der Waals surface area contributed by atoms with Crippen molar-refractivity contribution < 1.29 is 8.42 Å². The lowest BCUT2D eigenvalue weighted by molar-refractivity contribution is 0.601. The lowest BCUT2D eigenvalue weighted by Gasteiger charge is -2.07. The first kappa shape index (κ1) is 12.0. The number of sulfonamides is 1. The Hall–Kier alpha value is -1.45. The second-order valence-corrected chi connectivity index (χ2v) is 5.78. The third kappa shape index (κ3) is 2.62. The van der Waals surface area contributed by atoms with E-state index in [9.17, 15) is 8.42 Å². The van der Waals surface area contributed by atoms with Crippen LogP contribution >= 0.6 is 23.1 Å². The second kappa shape index (κ2) is 4.43. The summed E-state index contributed by atoms with van der Waals surface area (Å²) in [5.74, 6) is 0. The molecule has 0 fully saturated rings. The average Bonchev–Trinajstić information content (AvgIpc) is 2.68. The molecule has 0 unspecified atom stereocenters. The molecule has 0 bridgehead atoms. The summed E-state index contributed by atoms with van der Waals surface area (Å²) < 4.78 is 29.5. The zero-order chi connectivity index (χ0) is 12.5.